The Kier molecular flexibility index (Phi) is 5.39. The molecule has 2 nitrogen and oxygen atoms in total. The van der Waals surface area contributed by atoms with Gasteiger partial charge in [0.05, 0.1) is 0 Å². The second-order valence-corrected chi connectivity index (χ2v) is 5.37. The van der Waals surface area contributed by atoms with Gasteiger partial charge in [-0.15, -0.1) is 0 Å². The van der Waals surface area contributed by atoms with Gasteiger partial charge in [0, 0.05) is 29.1 Å². The molecule has 0 aromatic heterocycles. The molecule has 74 valence electrons. The molecule has 1 saturated heterocycles. The number of rotatable bonds is 3. The van der Waals surface area contributed by atoms with Gasteiger partial charge >= 0.3 is 0 Å². The van der Waals surface area contributed by atoms with E-state index in [0.717, 1.165) is 6.54 Å². The maximum Gasteiger partial charge on any atom is 0.243 e. The van der Waals surface area contributed by atoms with Crippen LogP contribution in [0.4, 0.5) is 0 Å². The highest BCUT2D eigenvalue weighted by molar-refractivity contribution is 8.06. The van der Waals surface area contributed by atoms with Crippen LogP contribution in [0.2, 0.25) is 0 Å². The molecule has 0 bridgehead atoms. The number of amides is 1. The zero-order chi connectivity index (χ0) is 9.52. The first-order valence-electron chi connectivity index (χ1n) is 4.43. The number of thioether (sulfide) groups is 2. The smallest absolute Gasteiger partial charge is 0.243 e. The fourth-order valence-electron chi connectivity index (χ4n) is 1.08. The monoisotopic (exact) mass is 217 g/mol. The lowest BCUT2D eigenvalue weighted by atomic mass is 10.4. The number of nitrogens with one attached hydrogen (secondary N) is 1. The van der Waals surface area contributed by atoms with Crippen LogP contribution in [-0.2, 0) is 4.79 Å². The van der Waals surface area contributed by atoms with Gasteiger partial charge in [-0.05, 0) is 13.0 Å². The van der Waals surface area contributed by atoms with Gasteiger partial charge in [-0.25, -0.2) is 0 Å². The number of carbonyl (C=O) groups is 1. The van der Waals surface area contributed by atoms with Crippen LogP contribution in [0.15, 0.2) is 12.2 Å². The molecule has 1 unspecified atom stereocenters. The Hall–Kier alpha value is -0.0900. The summed E-state index contributed by atoms with van der Waals surface area (Å²) < 4.78 is 0. The molecule has 1 aliphatic rings. The average Bonchev–Trinajstić information content (AvgIpc) is 2.17. The maximum atomic E-state index is 11.1. The topological polar surface area (TPSA) is 29.1 Å². The molecule has 0 aliphatic carbocycles. The molecule has 1 N–H and O–H groups in total. The van der Waals surface area contributed by atoms with Crippen LogP contribution in [-0.4, -0.2) is 35.0 Å². The fourth-order valence-corrected chi connectivity index (χ4v) is 3.69. The molecule has 13 heavy (non-hydrogen) atoms. The van der Waals surface area contributed by atoms with Crippen LogP contribution in [0.25, 0.3) is 0 Å². The van der Waals surface area contributed by atoms with Crippen LogP contribution in [0.1, 0.15) is 6.92 Å². The number of allylic oxidation sites excluding steroid dienone is 1. The van der Waals surface area contributed by atoms with E-state index in [1.807, 2.05) is 30.4 Å². The van der Waals surface area contributed by atoms with Crippen molar-refractivity contribution in [1.29, 1.82) is 0 Å². The summed E-state index contributed by atoms with van der Waals surface area (Å²) in [5.74, 6) is 3.67. The normalized spacial score (nSPS) is 23.3. The largest absolute Gasteiger partial charge is 0.351 e. The predicted molar refractivity (Wildman–Crippen MR) is 61.4 cm³/mol. The van der Waals surface area contributed by atoms with Crippen LogP contribution in [0, 0.1) is 0 Å². The third kappa shape index (κ3) is 4.62. The van der Waals surface area contributed by atoms with Crippen LogP contribution < -0.4 is 5.32 Å². The van der Waals surface area contributed by atoms with Crippen molar-refractivity contribution in [3.05, 3.63) is 12.2 Å². The van der Waals surface area contributed by atoms with Crippen molar-refractivity contribution >= 4 is 29.4 Å². The number of carbonyl (C=O) groups excluding carboxylic acids is 1. The van der Waals surface area contributed by atoms with E-state index in [2.05, 4.69) is 5.32 Å². The Morgan fingerprint density at radius 2 is 2.46 bits per heavy atom. The van der Waals surface area contributed by atoms with Crippen LogP contribution in [0.3, 0.4) is 0 Å². The van der Waals surface area contributed by atoms with E-state index < -0.39 is 0 Å². The standard InChI is InChI=1S/C9H15NOS2/c1-2-3-9(11)10-6-8-7-12-4-5-13-8/h2-3,8H,4-7H2,1H3,(H,10,11)/b3-2+. The van der Waals surface area contributed by atoms with Crippen molar-refractivity contribution in [2.24, 2.45) is 0 Å². The van der Waals surface area contributed by atoms with Crippen molar-refractivity contribution in [2.75, 3.05) is 23.8 Å². The number of hydrogen-bond donors (Lipinski definition) is 1. The molecule has 1 aliphatic heterocycles. The van der Waals surface area contributed by atoms with Gasteiger partial charge in [0.25, 0.3) is 0 Å². The minimum Gasteiger partial charge on any atom is -0.351 e. The Balaban J connectivity index is 2.13. The summed E-state index contributed by atoms with van der Waals surface area (Å²) in [5.41, 5.74) is 0. The lowest BCUT2D eigenvalue weighted by Gasteiger charge is -2.20. The Morgan fingerprint density at radius 1 is 1.62 bits per heavy atom. The van der Waals surface area contributed by atoms with Gasteiger partial charge in [0.15, 0.2) is 0 Å². The van der Waals surface area contributed by atoms with E-state index in [0.29, 0.717) is 5.25 Å². The molecule has 4 heteroatoms. The van der Waals surface area contributed by atoms with Gasteiger partial charge in [0.1, 0.15) is 0 Å². The van der Waals surface area contributed by atoms with Gasteiger partial charge < -0.3 is 5.32 Å². The number of hydrogen-bond acceptors (Lipinski definition) is 3. The molecule has 1 atom stereocenters. The Morgan fingerprint density at radius 3 is 3.08 bits per heavy atom. The second kappa shape index (κ2) is 6.38. The predicted octanol–water partition coefficient (Wildman–Crippen LogP) is 1.53. The van der Waals surface area contributed by atoms with Gasteiger partial charge in [0.2, 0.25) is 5.91 Å². The van der Waals surface area contributed by atoms with E-state index in [4.69, 9.17) is 0 Å². The van der Waals surface area contributed by atoms with Crippen molar-refractivity contribution in [3.63, 3.8) is 0 Å². The molecule has 0 aromatic carbocycles. The van der Waals surface area contributed by atoms with E-state index >= 15 is 0 Å². The summed E-state index contributed by atoms with van der Waals surface area (Å²) in [7, 11) is 0. The molecule has 1 amide bonds. The summed E-state index contributed by atoms with van der Waals surface area (Å²) in [6.45, 7) is 2.66. The zero-order valence-corrected chi connectivity index (χ0v) is 9.42. The highest BCUT2D eigenvalue weighted by Crippen LogP contribution is 2.23. The zero-order valence-electron chi connectivity index (χ0n) is 7.79. The Bertz CT molecular complexity index is 188. The molecule has 0 saturated carbocycles. The van der Waals surface area contributed by atoms with Crippen molar-refractivity contribution in [2.45, 2.75) is 12.2 Å². The highest BCUT2D eigenvalue weighted by Gasteiger charge is 2.14. The van der Waals surface area contributed by atoms with E-state index in [9.17, 15) is 4.79 Å². The quantitative estimate of drug-likeness (QED) is 0.727. The van der Waals surface area contributed by atoms with Crippen LogP contribution in [0.5, 0.6) is 0 Å². The molecule has 0 radical (unpaired) electrons. The van der Waals surface area contributed by atoms with E-state index in [1.54, 1.807) is 12.2 Å². The van der Waals surface area contributed by atoms with E-state index in [-0.39, 0.29) is 5.91 Å². The first-order chi connectivity index (χ1) is 6.33. The molecule has 0 spiro atoms. The summed E-state index contributed by atoms with van der Waals surface area (Å²) >= 11 is 3.94. The molecule has 0 aromatic rings. The van der Waals surface area contributed by atoms with Crippen molar-refractivity contribution in [3.8, 4) is 0 Å². The minimum absolute atomic E-state index is 0.0265. The SMILES string of the molecule is C/C=C/C(=O)NCC1CSCCS1. The molecular formula is C9H15NOS2. The molecular weight excluding hydrogens is 202 g/mol. The van der Waals surface area contributed by atoms with Gasteiger partial charge in [-0.3, -0.25) is 4.79 Å². The van der Waals surface area contributed by atoms with E-state index in [1.165, 1.54) is 17.3 Å². The lowest BCUT2D eigenvalue weighted by molar-refractivity contribution is -0.116. The third-order valence-electron chi connectivity index (χ3n) is 1.71. The minimum atomic E-state index is 0.0265. The average molecular weight is 217 g/mol. The van der Waals surface area contributed by atoms with Crippen molar-refractivity contribution in [1.82, 2.24) is 5.32 Å². The summed E-state index contributed by atoms with van der Waals surface area (Å²) in [5, 5.41) is 3.50. The molecule has 1 heterocycles. The summed E-state index contributed by atoms with van der Waals surface area (Å²) in [6.07, 6.45) is 3.33. The third-order valence-corrected chi connectivity index (χ3v) is 4.55. The first-order valence-corrected chi connectivity index (χ1v) is 6.63. The van der Waals surface area contributed by atoms with Gasteiger partial charge in [-0.2, -0.15) is 23.5 Å². The van der Waals surface area contributed by atoms with Gasteiger partial charge in [-0.1, -0.05) is 6.08 Å². The fraction of sp³-hybridized carbons (Fsp3) is 0.667. The molecule has 1 fully saturated rings. The summed E-state index contributed by atoms with van der Waals surface area (Å²) in [6, 6.07) is 0. The highest BCUT2D eigenvalue weighted by atomic mass is 32.2. The molecule has 1 rings (SSSR count). The second-order valence-electron chi connectivity index (χ2n) is 2.81. The first kappa shape index (κ1) is 11.0. The summed E-state index contributed by atoms with van der Waals surface area (Å²) in [4.78, 5) is 11.1. The van der Waals surface area contributed by atoms with Crippen molar-refractivity contribution < 1.29 is 4.79 Å². The Labute approximate surface area is 87.9 Å². The lowest BCUT2D eigenvalue weighted by Crippen LogP contribution is -2.32. The van der Waals surface area contributed by atoms with Crippen LogP contribution >= 0.6 is 23.5 Å². The maximum absolute atomic E-state index is 11.1.